The molecule has 70 valence electrons. The molecule has 0 saturated heterocycles. The third kappa shape index (κ3) is 2.77. The van der Waals surface area contributed by atoms with Gasteiger partial charge < -0.3 is 9.47 Å². The topological polar surface area (TPSA) is 76.4 Å². The number of hydrogen-bond acceptors (Lipinski definition) is 5. The number of methoxy groups -OCH3 is 2. The van der Waals surface area contributed by atoms with E-state index >= 15 is 0 Å². The Morgan fingerprint density at radius 1 is 1.33 bits per heavy atom. The predicted molar refractivity (Wildman–Crippen MR) is 42.1 cm³/mol. The van der Waals surface area contributed by atoms with Crippen molar-refractivity contribution in [2.24, 2.45) is 0 Å². The summed E-state index contributed by atoms with van der Waals surface area (Å²) in [5, 5.41) is 7.23. The molecule has 0 aliphatic heterocycles. The molecule has 6 heteroatoms. The second kappa shape index (κ2) is 4.40. The SMILES string of the molecule is COC(OC)C(C#N)S(C)(=O)=O. The molecule has 0 aromatic carbocycles. The van der Waals surface area contributed by atoms with Crippen LogP contribution in [0.2, 0.25) is 0 Å². The number of nitriles is 1. The number of sulfone groups is 1. The van der Waals surface area contributed by atoms with Gasteiger partial charge in [-0.25, -0.2) is 8.42 Å². The number of ether oxygens (including phenoxy) is 2. The van der Waals surface area contributed by atoms with Crippen molar-refractivity contribution in [3.05, 3.63) is 0 Å². The molecule has 5 nitrogen and oxygen atoms in total. The normalized spacial score (nSPS) is 14.2. The molecule has 0 radical (unpaired) electrons. The molecule has 1 unspecified atom stereocenters. The largest absolute Gasteiger partial charge is 0.353 e. The summed E-state index contributed by atoms with van der Waals surface area (Å²) in [5.74, 6) is 0. The lowest BCUT2D eigenvalue weighted by atomic mass is 10.4. The Hall–Kier alpha value is -0.640. The molecule has 0 amide bonds. The molecule has 0 rings (SSSR count). The summed E-state index contributed by atoms with van der Waals surface area (Å²) in [7, 11) is -0.887. The molecule has 0 fully saturated rings. The van der Waals surface area contributed by atoms with Crippen molar-refractivity contribution in [2.75, 3.05) is 20.5 Å². The molecule has 1 atom stereocenters. The first-order chi connectivity index (χ1) is 5.47. The van der Waals surface area contributed by atoms with Crippen LogP contribution >= 0.6 is 0 Å². The van der Waals surface area contributed by atoms with Gasteiger partial charge in [0, 0.05) is 20.5 Å². The summed E-state index contributed by atoms with van der Waals surface area (Å²) in [4.78, 5) is 0. The zero-order valence-corrected chi connectivity index (χ0v) is 7.96. The van der Waals surface area contributed by atoms with E-state index in [1.807, 2.05) is 0 Å². The minimum atomic E-state index is -3.45. The van der Waals surface area contributed by atoms with Crippen LogP contribution in [0.1, 0.15) is 0 Å². The fraction of sp³-hybridized carbons (Fsp3) is 0.833. The Labute approximate surface area is 71.8 Å². The Kier molecular flexibility index (Phi) is 4.17. The Bertz CT molecular complexity index is 262. The van der Waals surface area contributed by atoms with Gasteiger partial charge in [-0.15, -0.1) is 0 Å². The minimum absolute atomic E-state index is 0.964. The van der Waals surface area contributed by atoms with Gasteiger partial charge in [-0.2, -0.15) is 5.26 Å². The van der Waals surface area contributed by atoms with Crippen LogP contribution in [0.15, 0.2) is 0 Å². The molecular weight excluding hydrogens is 182 g/mol. The van der Waals surface area contributed by atoms with Crippen molar-refractivity contribution in [2.45, 2.75) is 11.5 Å². The van der Waals surface area contributed by atoms with Crippen LogP contribution in [0.5, 0.6) is 0 Å². The summed E-state index contributed by atoms with van der Waals surface area (Å²) in [6.07, 6.45) is -0.0589. The number of nitrogens with zero attached hydrogens (tertiary/aromatic N) is 1. The molecule has 0 N–H and O–H groups in total. The highest BCUT2D eigenvalue weighted by atomic mass is 32.2. The van der Waals surface area contributed by atoms with Crippen LogP contribution in [0.3, 0.4) is 0 Å². The van der Waals surface area contributed by atoms with Gasteiger partial charge in [-0.1, -0.05) is 0 Å². The lowest BCUT2D eigenvalue weighted by molar-refractivity contribution is -0.0950. The molecule has 0 aliphatic rings. The molecule has 0 saturated carbocycles. The van der Waals surface area contributed by atoms with Crippen molar-refractivity contribution < 1.29 is 17.9 Å². The van der Waals surface area contributed by atoms with Gasteiger partial charge in [0.05, 0.1) is 6.07 Å². The molecule has 0 spiro atoms. The van der Waals surface area contributed by atoms with Gasteiger partial charge in [0.25, 0.3) is 0 Å². The number of rotatable bonds is 4. The average Bonchev–Trinajstić information content (AvgIpc) is 1.97. The van der Waals surface area contributed by atoms with Gasteiger partial charge >= 0.3 is 0 Å². The maximum absolute atomic E-state index is 10.9. The summed E-state index contributed by atoms with van der Waals surface area (Å²) >= 11 is 0. The first kappa shape index (κ1) is 11.4. The van der Waals surface area contributed by atoms with Crippen LogP contribution in [0, 0.1) is 11.3 Å². The second-order valence-electron chi connectivity index (χ2n) is 2.22. The van der Waals surface area contributed by atoms with E-state index in [0.717, 1.165) is 6.26 Å². The maximum Gasteiger partial charge on any atom is 0.198 e. The van der Waals surface area contributed by atoms with E-state index in [2.05, 4.69) is 9.47 Å². The van der Waals surface area contributed by atoms with Crippen molar-refractivity contribution >= 4 is 9.84 Å². The van der Waals surface area contributed by atoms with E-state index in [-0.39, 0.29) is 0 Å². The third-order valence-electron chi connectivity index (χ3n) is 1.30. The molecular formula is C6H11NO4S. The summed E-state index contributed by atoms with van der Waals surface area (Å²) in [6, 6.07) is 1.61. The third-order valence-corrected chi connectivity index (χ3v) is 2.55. The van der Waals surface area contributed by atoms with Crippen molar-refractivity contribution in [3.8, 4) is 6.07 Å². The Morgan fingerprint density at radius 2 is 1.75 bits per heavy atom. The molecule has 0 aromatic rings. The molecule has 0 bridgehead atoms. The zero-order chi connectivity index (χ0) is 9.78. The monoisotopic (exact) mass is 193 g/mol. The first-order valence-electron chi connectivity index (χ1n) is 3.11. The van der Waals surface area contributed by atoms with E-state index in [1.54, 1.807) is 6.07 Å². The lowest BCUT2D eigenvalue weighted by Crippen LogP contribution is -2.35. The van der Waals surface area contributed by atoms with E-state index in [9.17, 15) is 8.42 Å². The maximum atomic E-state index is 10.9. The smallest absolute Gasteiger partial charge is 0.198 e. The van der Waals surface area contributed by atoms with E-state index in [4.69, 9.17) is 5.26 Å². The van der Waals surface area contributed by atoms with Gasteiger partial charge in [0.2, 0.25) is 0 Å². The van der Waals surface area contributed by atoms with Gasteiger partial charge in [0.15, 0.2) is 21.4 Å². The van der Waals surface area contributed by atoms with Gasteiger partial charge in [-0.05, 0) is 0 Å². The fourth-order valence-electron chi connectivity index (χ4n) is 0.702. The lowest BCUT2D eigenvalue weighted by Gasteiger charge is -2.16. The van der Waals surface area contributed by atoms with Crippen molar-refractivity contribution in [3.63, 3.8) is 0 Å². The highest BCUT2D eigenvalue weighted by Gasteiger charge is 2.30. The van der Waals surface area contributed by atoms with Crippen molar-refractivity contribution in [1.82, 2.24) is 0 Å². The Morgan fingerprint density at radius 3 is 1.83 bits per heavy atom. The molecule has 0 aliphatic carbocycles. The van der Waals surface area contributed by atoms with Crippen LogP contribution in [0.4, 0.5) is 0 Å². The van der Waals surface area contributed by atoms with Gasteiger partial charge in [-0.3, -0.25) is 0 Å². The fourth-order valence-corrected chi connectivity index (χ4v) is 1.52. The van der Waals surface area contributed by atoms with E-state index < -0.39 is 21.4 Å². The second-order valence-corrected chi connectivity index (χ2v) is 4.39. The molecule has 12 heavy (non-hydrogen) atoms. The van der Waals surface area contributed by atoms with Crippen LogP contribution < -0.4 is 0 Å². The first-order valence-corrected chi connectivity index (χ1v) is 5.07. The Balaban J connectivity index is 4.70. The summed E-state index contributed by atoms with van der Waals surface area (Å²) in [5.41, 5.74) is 0. The van der Waals surface area contributed by atoms with Crippen molar-refractivity contribution in [1.29, 1.82) is 5.26 Å². The molecule has 0 heterocycles. The van der Waals surface area contributed by atoms with Crippen LogP contribution in [-0.2, 0) is 19.3 Å². The van der Waals surface area contributed by atoms with E-state index in [0.29, 0.717) is 0 Å². The van der Waals surface area contributed by atoms with Gasteiger partial charge in [0.1, 0.15) is 0 Å². The predicted octanol–water partition coefficient (Wildman–Crippen LogP) is -0.458. The van der Waals surface area contributed by atoms with Crippen LogP contribution in [0.25, 0.3) is 0 Å². The quantitative estimate of drug-likeness (QED) is 0.565. The van der Waals surface area contributed by atoms with Crippen LogP contribution in [-0.4, -0.2) is 40.4 Å². The van der Waals surface area contributed by atoms with E-state index in [1.165, 1.54) is 14.2 Å². The zero-order valence-electron chi connectivity index (χ0n) is 7.14. The summed E-state index contributed by atoms with van der Waals surface area (Å²) in [6.45, 7) is 0. The average molecular weight is 193 g/mol. The minimum Gasteiger partial charge on any atom is -0.353 e. The highest BCUT2D eigenvalue weighted by Crippen LogP contribution is 2.07. The number of hydrogen-bond donors (Lipinski definition) is 0. The highest BCUT2D eigenvalue weighted by molar-refractivity contribution is 7.91. The molecule has 0 aromatic heterocycles. The standard InChI is InChI=1S/C6H11NO4S/c1-10-6(11-2)5(4-7)12(3,8)9/h5-6H,1-3H3. The summed E-state index contributed by atoms with van der Waals surface area (Å²) < 4.78 is 31.2.